The van der Waals surface area contributed by atoms with Gasteiger partial charge >= 0.3 is 0 Å². The van der Waals surface area contributed by atoms with E-state index in [9.17, 15) is 8.42 Å². The molecule has 2 N–H and O–H groups in total. The SMILES string of the molecule is CN(CC1CCC1)S(=O)(=O)c1cc(CN)ccc1Br. The van der Waals surface area contributed by atoms with Gasteiger partial charge in [-0.2, -0.15) is 0 Å². The molecule has 2 rings (SSSR count). The first-order valence-corrected chi connectivity index (χ1v) is 8.63. The Balaban J connectivity index is 2.26. The van der Waals surface area contributed by atoms with Crippen molar-refractivity contribution in [1.29, 1.82) is 0 Å². The van der Waals surface area contributed by atoms with E-state index in [1.54, 1.807) is 19.2 Å². The van der Waals surface area contributed by atoms with E-state index in [1.807, 2.05) is 6.07 Å². The van der Waals surface area contributed by atoms with Crippen molar-refractivity contribution in [3.63, 3.8) is 0 Å². The molecule has 19 heavy (non-hydrogen) atoms. The highest BCUT2D eigenvalue weighted by molar-refractivity contribution is 9.10. The average molecular weight is 347 g/mol. The zero-order valence-electron chi connectivity index (χ0n) is 11.0. The van der Waals surface area contributed by atoms with E-state index in [4.69, 9.17) is 5.73 Å². The smallest absolute Gasteiger partial charge is 0.243 e. The fraction of sp³-hybridized carbons (Fsp3) is 0.538. The third-order valence-corrected chi connectivity index (χ3v) is 6.48. The first-order valence-electron chi connectivity index (χ1n) is 6.40. The molecule has 6 heteroatoms. The van der Waals surface area contributed by atoms with Crippen molar-refractivity contribution in [2.75, 3.05) is 13.6 Å². The van der Waals surface area contributed by atoms with Crippen molar-refractivity contribution in [2.24, 2.45) is 11.7 Å². The second kappa shape index (κ2) is 5.91. The van der Waals surface area contributed by atoms with Gasteiger partial charge in [-0.1, -0.05) is 12.5 Å². The van der Waals surface area contributed by atoms with Crippen LogP contribution >= 0.6 is 15.9 Å². The average Bonchev–Trinajstić information content (AvgIpc) is 2.33. The molecule has 1 fully saturated rings. The molecule has 1 aromatic carbocycles. The summed E-state index contributed by atoms with van der Waals surface area (Å²) in [5.74, 6) is 0.510. The van der Waals surface area contributed by atoms with Crippen molar-refractivity contribution in [3.05, 3.63) is 28.2 Å². The van der Waals surface area contributed by atoms with Crippen LogP contribution in [-0.2, 0) is 16.6 Å². The summed E-state index contributed by atoms with van der Waals surface area (Å²) < 4.78 is 27.1. The van der Waals surface area contributed by atoms with E-state index in [-0.39, 0.29) is 0 Å². The lowest BCUT2D eigenvalue weighted by atomic mass is 9.86. The van der Waals surface area contributed by atoms with Crippen LogP contribution in [0, 0.1) is 5.92 Å². The lowest BCUT2D eigenvalue weighted by molar-refractivity contribution is 0.263. The molecule has 0 bridgehead atoms. The molecular weight excluding hydrogens is 328 g/mol. The summed E-state index contributed by atoms with van der Waals surface area (Å²) in [5, 5.41) is 0. The Bertz CT molecular complexity index is 556. The van der Waals surface area contributed by atoms with Crippen LogP contribution in [0.15, 0.2) is 27.6 Å². The Morgan fingerprint density at radius 3 is 2.63 bits per heavy atom. The first kappa shape index (κ1) is 15.0. The van der Waals surface area contributed by atoms with Crippen LogP contribution < -0.4 is 5.73 Å². The molecule has 4 nitrogen and oxygen atoms in total. The summed E-state index contributed by atoms with van der Waals surface area (Å²) in [4.78, 5) is 0.303. The molecule has 0 saturated heterocycles. The maximum absolute atomic E-state index is 12.6. The predicted octanol–water partition coefficient (Wildman–Crippen LogP) is 2.33. The molecule has 0 radical (unpaired) electrons. The molecule has 106 valence electrons. The molecule has 0 aliphatic heterocycles. The van der Waals surface area contributed by atoms with Crippen LogP contribution in [0.5, 0.6) is 0 Å². The van der Waals surface area contributed by atoms with Gasteiger partial charge in [0.15, 0.2) is 0 Å². The molecule has 0 amide bonds. The van der Waals surface area contributed by atoms with Gasteiger partial charge in [-0.05, 0) is 52.4 Å². The van der Waals surface area contributed by atoms with Gasteiger partial charge in [0.2, 0.25) is 10.0 Å². The zero-order chi connectivity index (χ0) is 14.0. The Labute approximate surface area is 123 Å². The second-order valence-electron chi connectivity index (χ2n) is 5.05. The molecule has 0 spiro atoms. The van der Waals surface area contributed by atoms with E-state index in [0.717, 1.165) is 18.4 Å². The van der Waals surface area contributed by atoms with Crippen LogP contribution in [0.3, 0.4) is 0 Å². The number of benzene rings is 1. The van der Waals surface area contributed by atoms with Gasteiger partial charge in [0.1, 0.15) is 0 Å². The van der Waals surface area contributed by atoms with Crippen LogP contribution in [0.4, 0.5) is 0 Å². The minimum Gasteiger partial charge on any atom is -0.326 e. The lowest BCUT2D eigenvalue weighted by Gasteiger charge is -2.29. The normalized spacial score (nSPS) is 16.6. The zero-order valence-corrected chi connectivity index (χ0v) is 13.4. The highest BCUT2D eigenvalue weighted by Crippen LogP contribution is 2.30. The predicted molar refractivity (Wildman–Crippen MR) is 79.2 cm³/mol. The van der Waals surface area contributed by atoms with Crippen molar-refractivity contribution >= 4 is 26.0 Å². The summed E-state index contributed by atoms with van der Waals surface area (Å²) in [6.45, 7) is 0.934. The number of nitrogens with zero attached hydrogens (tertiary/aromatic N) is 1. The van der Waals surface area contributed by atoms with E-state index in [0.29, 0.717) is 28.4 Å². The molecule has 1 aliphatic carbocycles. The van der Waals surface area contributed by atoms with Gasteiger partial charge in [-0.25, -0.2) is 12.7 Å². The molecule has 0 aromatic heterocycles. The van der Waals surface area contributed by atoms with Crippen molar-refractivity contribution < 1.29 is 8.42 Å². The quantitative estimate of drug-likeness (QED) is 0.889. The number of hydrogen-bond acceptors (Lipinski definition) is 3. The van der Waals surface area contributed by atoms with Gasteiger partial charge in [0.05, 0.1) is 4.90 Å². The van der Waals surface area contributed by atoms with Crippen molar-refractivity contribution in [1.82, 2.24) is 4.31 Å². The van der Waals surface area contributed by atoms with Crippen molar-refractivity contribution in [2.45, 2.75) is 30.7 Å². The number of hydrogen-bond donors (Lipinski definition) is 1. The largest absolute Gasteiger partial charge is 0.326 e. The van der Waals surface area contributed by atoms with Gasteiger partial charge in [-0.3, -0.25) is 0 Å². The first-order chi connectivity index (χ1) is 8.95. The maximum atomic E-state index is 12.6. The molecule has 0 unspecified atom stereocenters. The summed E-state index contributed by atoms with van der Waals surface area (Å²) in [5.41, 5.74) is 6.39. The third kappa shape index (κ3) is 3.18. The van der Waals surface area contributed by atoms with Crippen LogP contribution in [0.2, 0.25) is 0 Å². The highest BCUT2D eigenvalue weighted by Gasteiger charge is 2.28. The Hall–Kier alpha value is -0.430. The topological polar surface area (TPSA) is 63.4 Å². The number of nitrogens with two attached hydrogens (primary N) is 1. The van der Waals surface area contributed by atoms with E-state index in [1.165, 1.54) is 10.7 Å². The van der Waals surface area contributed by atoms with Gasteiger partial charge < -0.3 is 5.73 Å². The Morgan fingerprint density at radius 1 is 1.42 bits per heavy atom. The Kier molecular flexibility index (Phi) is 4.66. The van der Waals surface area contributed by atoms with E-state index < -0.39 is 10.0 Å². The number of rotatable bonds is 5. The standard InChI is InChI=1S/C13H19BrN2O2S/c1-16(9-10-3-2-4-10)19(17,18)13-7-11(8-15)5-6-12(13)14/h5-7,10H,2-4,8-9,15H2,1H3. The summed E-state index contributed by atoms with van der Waals surface area (Å²) in [6, 6.07) is 5.22. The summed E-state index contributed by atoms with van der Waals surface area (Å²) in [7, 11) is -1.79. The van der Waals surface area contributed by atoms with Crippen LogP contribution in [-0.4, -0.2) is 26.3 Å². The minimum absolute atomic E-state index is 0.303. The minimum atomic E-state index is -3.44. The van der Waals surface area contributed by atoms with Crippen molar-refractivity contribution in [3.8, 4) is 0 Å². The lowest BCUT2D eigenvalue weighted by Crippen LogP contribution is -2.34. The third-order valence-electron chi connectivity index (χ3n) is 3.66. The van der Waals surface area contributed by atoms with Gasteiger partial charge in [0.25, 0.3) is 0 Å². The molecule has 0 heterocycles. The molecule has 0 atom stereocenters. The highest BCUT2D eigenvalue weighted by atomic mass is 79.9. The molecule has 1 saturated carbocycles. The van der Waals surface area contributed by atoms with Gasteiger partial charge in [-0.15, -0.1) is 0 Å². The fourth-order valence-corrected chi connectivity index (χ4v) is 4.40. The number of sulfonamides is 1. The molecule has 1 aliphatic rings. The van der Waals surface area contributed by atoms with E-state index in [2.05, 4.69) is 15.9 Å². The van der Waals surface area contributed by atoms with E-state index >= 15 is 0 Å². The van der Waals surface area contributed by atoms with Crippen LogP contribution in [0.1, 0.15) is 24.8 Å². The summed E-state index contributed by atoms with van der Waals surface area (Å²) in [6.07, 6.45) is 3.47. The fourth-order valence-electron chi connectivity index (χ4n) is 2.18. The van der Waals surface area contributed by atoms with Crippen LogP contribution in [0.25, 0.3) is 0 Å². The summed E-state index contributed by atoms with van der Waals surface area (Å²) >= 11 is 3.31. The number of halogens is 1. The maximum Gasteiger partial charge on any atom is 0.243 e. The molecular formula is C13H19BrN2O2S. The monoisotopic (exact) mass is 346 g/mol. The second-order valence-corrected chi connectivity index (χ2v) is 7.92. The Morgan fingerprint density at radius 2 is 2.11 bits per heavy atom. The van der Waals surface area contributed by atoms with Gasteiger partial charge in [0, 0.05) is 24.6 Å². The molecule has 1 aromatic rings.